The zero-order valence-electron chi connectivity index (χ0n) is 9.97. The van der Waals surface area contributed by atoms with Crippen molar-refractivity contribution in [2.24, 2.45) is 0 Å². The van der Waals surface area contributed by atoms with E-state index < -0.39 is 18.4 Å². The molecule has 1 aliphatic rings. The number of nitrogens with zero attached hydrogens (tertiary/aromatic N) is 4. The Bertz CT molecular complexity index is 615. The number of hydrogen-bond donors (Lipinski definition) is 4. The van der Waals surface area contributed by atoms with Crippen LogP contribution in [-0.4, -0.2) is 48.5 Å². The molecule has 0 radical (unpaired) electrons. The highest BCUT2D eigenvalue weighted by Crippen LogP contribution is 2.31. The number of nitrogen functional groups attached to an aromatic ring is 2. The highest BCUT2D eigenvalue weighted by atomic mass is 16.5. The molecule has 1 fully saturated rings. The van der Waals surface area contributed by atoms with Crippen LogP contribution in [0.5, 0.6) is 0 Å². The van der Waals surface area contributed by atoms with Crippen molar-refractivity contribution < 1.29 is 14.9 Å². The summed E-state index contributed by atoms with van der Waals surface area (Å²) in [7, 11) is 0. The molecular weight excluding hydrogens is 252 g/mol. The third-order valence-corrected chi connectivity index (χ3v) is 3.16. The quantitative estimate of drug-likeness (QED) is 0.521. The molecule has 3 rings (SSSR count). The van der Waals surface area contributed by atoms with Gasteiger partial charge in [0.25, 0.3) is 0 Å². The number of rotatable bonds is 2. The Morgan fingerprint density at radius 3 is 2.89 bits per heavy atom. The first kappa shape index (κ1) is 12.1. The Morgan fingerprint density at radius 1 is 1.42 bits per heavy atom. The summed E-state index contributed by atoms with van der Waals surface area (Å²) in [4.78, 5) is 12.0. The van der Waals surface area contributed by atoms with Gasteiger partial charge in [0.1, 0.15) is 17.8 Å². The Hall–Kier alpha value is -1.97. The fourth-order valence-electron chi connectivity index (χ4n) is 2.22. The van der Waals surface area contributed by atoms with E-state index in [2.05, 4.69) is 15.0 Å². The van der Waals surface area contributed by atoms with Crippen LogP contribution in [-0.2, 0) is 4.74 Å². The second kappa shape index (κ2) is 4.30. The first-order valence-electron chi connectivity index (χ1n) is 5.80. The summed E-state index contributed by atoms with van der Waals surface area (Å²) in [6.07, 6.45) is 0.0288. The third kappa shape index (κ3) is 1.87. The van der Waals surface area contributed by atoms with Crippen molar-refractivity contribution in [2.75, 3.05) is 18.1 Å². The molecule has 2 aromatic heterocycles. The lowest BCUT2D eigenvalue weighted by molar-refractivity contribution is -0.0432. The number of aliphatic hydroxyl groups excluding tert-OH is 2. The molecule has 0 saturated carbocycles. The van der Waals surface area contributed by atoms with Crippen molar-refractivity contribution >= 4 is 22.9 Å². The predicted octanol–water partition coefficient (Wildman–Crippen LogP) is -1.37. The second-order valence-electron chi connectivity index (χ2n) is 4.41. The first-order chi connectivity index (χ1) is 9.10. The number of nitrogens with two attached hydrogens (primary N) is 2. The number of aromatic nitrogens is 4. The number of fused-ring (bicyclic) bond motifs is 1. The van der Waals surface area contributed by atoms with Crippen LogP contribution in [0, 0.1) is 0 Å². The minimum absolute atomic E-state index is 0.0454. The molecule has 102 valence electrons. The highest BCUT2D eigenvalue weighted by Gasteiger charge is 2.35. The molecule has 9 nitrogen and oxygen atoms in total. The van der Waals surface area contributed by atoms with Gasteiger partial charge in [0, 0.05) is 6.42 Å². The summed E-state index contributed by atoms with van der Waals surface area (Å²) < 4.78 is 7.16. The Labute approximate surface area is 107 Å². The van der Waals surface area contributed by atoms with E-state index in [0.29, 0.717) is 17.6 Å². The molecule has 3 atom stereocenters. The van der Waals surface area contributed by atoms with Gasteiger partial charge in [0.15, 0.2) is 11.5 Å². The minimum Gasteiger partial charge on any atom is -0.394 e. The van der Waals surface area contributed by atoms with Gasteiger partial charge in [-0.1, -0.05) is 0 Å². The molecule has 0 bridgehead atoms. The summed E-state index contributed by atoms with van der Waals surface area (Å²) in [6.45, 7) is -0.246. The minimum atomic E-state index is -0.732. The molecule has 0 aliphatic carbocycles. The van der Waals surface area contributed by atoms with Gasteiger partial charge >= 0.3 is 0 Å². The summed E-state index contributed by atoms with van der Waals surface area (Å²) >= 11 is 0. The normalized spacial score (nSPS) is 27.2. The molecule has 1 saturated heterocycles. The Balaban J connectivity index is 2.02. The average Bonchev–Trinajstić information content (AvgIpc) is 2.92. The lowest BCUT2D eigenvalue weighted by Crippen LogP contribution is -2.24. The van der Waals surface area contributed by atoms with E-state index in [4.69, 9.17) is 21.3 Å². The molecule has 1 aliphatic heterocycles. The van der Waals surface area contributed by atoms with Crippen LogP contribution in [0.1, 0.15) is 12.6 Å². The fourth-order valence-corrected chi connectivity index (χ4v) is 2.22. The lowest BCUT2D eigenvalue weighted by atomic mass is 10.2. The summed E-state index contributed by atoms with van der Waals surface area (Å²) in [5.41, 5.74) is 12.1. The van der Waals surface area contributed by atoms with Crippen LogP contribution >= 0.6 is 0 Å². The average molecular weight is 266 g/mol. The fraction of sp³-hybridized carbons (Fsp3) is 0.500. The van der Waals surface area contributed by atoms with Crippen molar-refractivity contribution in [2.45, 2.75) is 24.9 Å². The first-order valence-corrected chi connectivity index (χ1v) is 5.80. The molecule has 6 N–H and O–H groups in total. The number of hydrogen-bond acceptors (Lipinski definition) is 8. The Morgan fingerprint density at radius 2 is 2.21 bits per heavy atom. The summed E-state index contributed by atoms with van der Waals surface area (Å²) in [6, 6.07) is 0. The molecular formula is C10H14N6O3. The predicted molar refractivity (Wildman–Crippen MR) is 65.8 cm³/mol. The van der Waals surface area contributed by atoms with Gasteiger partial charge in [0.05, 0.1) is 19.0 Å². The number of imidazole rings is 1. The zero-order chi connectivity index (χ0) is 13.6. The van der Waals surface area contributed by atoms with Gasteiger partial charge in [-0.15, -0.1) is 0 Å². The molecule has 2 aromatic rings. The molecule has 0 aromatic carbocycles. The van der Waals surface area contributed by atoms with Crippen molar-refractivity contribution in [1.29, 1.82) is 0 Å². The molecule has 0 amide bonds. The molecule has 0 spiro atoms. The standard InChI is InChI=1S/C10H14N6O3/c11-8-7-9(15-10(12)14-8)16(3-13-7)6-1-4(18)5(2-17)19-6/h3-6,17-18H,1-2H2,(H4,11,12,14,15)/t4?,5-,6-/m1/s1. The van der Waals surface area contributed by atoms with Crippen molar-refractivity contribution in [3.63, 3.8) is 0 Å². The molecule has 19 heavy (non-hydrogen) atoms. The SMILES string of the molecule is Nc1nc(N)c2ncn([C@H]3CC(O)[C@@H](CO)O3)c2n1. The zero-order valence-corrected chi connectivity index (χ0v) is 9.97. The van der Waals surface area contributed by atoms with Crippen molar-refractivity contribution in [3.05, 3.63) is 6.33 Å². The third-order valence-electron chi connectivity index (χ3n) is 3.16. The maximum absolute atomic E-state index is 9.74. The maximum atomic E-state index is 9.74. The second-order valence-corrected chi connectivity index (χ2v) is 4.41. The van der Waals surface area contributed by atoms with Crippen LogP contribution in [0.15, 0.2) is 6.33 Å². The van der Waals surface area contributed by atoms with E-state index in [1.807, 2.05) is 0 Å². The van der Waals surface area contributed by atoms with E-state index in [1.165, 1.54) is 6.33 Å². The van der Waals surface area contributed by atoms with Crippen LogP contribution in [0.2, 0.25) is 0 Å². The highest BCUT2D eigenvalue weighted by molar-refractivity contribution is 5.82. The van der Waals surface area contributed by atoms with E-state index >= 15 is 0 Å². The van der Waals surface area contributed by atoms with Gasteiger partial charge < -0.3 is 26.4 Å². The van der Waals surface area contributed by atoms with Gasteiger partial charge in [-0.3, -0.25) is 4.57 Å². The number of ether oxygens (including phenoxy) is 1. The molecule has 9 heteroatoms. The number of aliphatic hydroxyl groups is 2. The smallest absolute Gasteiger partial charge is 0.224 e. The van der Waals surface area contributed by atoms with Crippen LogP contribution in [0.4, 0.5) is 11.8 Å². The summed E-state index contributed by atoms with van der Waals surface area (Å²) in [5, 5.41) is 18.8. The van der Waals surface area contributed by atoms with E-state index in [9.17, 15) is 5.11 Å². The van der Waals surface area contributed by atoms with Crippen LogP contribution < -0.4 is 11.5 Å². The molecule has 3 heterocycles. The van der Waals surface area contributed by atoms with E-state index in [1.54, 1.807) is 4.57 Å². The summed E-state index contributed by atoms with van der Waals surface area (Å²) in [5.74, 6) is 0.238. The van der Waals surface area contributed by atoms with E-state index in [-0.39, 0.29) is 18.4 Å². The molecule has 1 unspecified atom stereocenters. The Kier molecular flexibility index (Phi) is 2.73. The van der Waals surface area contributed by atoms with Crippen LogP contribution in [0.3, 0.4) is 0 Å². The van der Waals surface area contributed by atoms with Gasteiger partial charge in [-0.05, 0) is 0 Å². The van der Waals surface area contributed by atoms with Crippen molar-refractivity contribution in [3.8, 4) is 0 Å². The van der Waals surface area contributed by atoms with Crippen molar-refractivity contribution in [1.82, 2.24) is 19.5 Å². The maximum Gasteiger partial charge on any atom is 0.224 e. The lowest BCUT2D eigenvalue weighted by Gasteiger charge is -2.13. The topological polar surface area (TPSA) is 145 Å². The van der Waals surface area contributed by atoms with Gasteiger partial charge in [-0.2, -0.15) is 9.97 Å². The van der Waals surface area contributed by atoms with Gasteiger partial charge in [0.2, 0.25) is 5.95 Å². The largest absolute Gasteiger partial charge is 0.394 e. The number of anilines is 2. The monoisotopic (exact) mass is 266 g/mol. The van der Waals surface area contributed by atoms with E-state index in [0.717, 1.165) is 0 Å². The van der Waals surface area contributed by atoms with Gasteiger partial charge in [-0.25, -0.2) is 4.98 Å². The van der Waals surface area contributed by atoms with Crippen LogP contribution in [0.25, 0.3) is 11.2 Å².